The standard InChI is InChI=1S/C23H24N4OS/c1-16-12-19(23(28)26-13-17-5-7-20(29-2)8-6-17)14-25-22(16)27-11-9-21-18(15-27)4-3-10-24-21/h3-8,10,12,14H,9,11,13,15H2,1-2H3,(H,26,28). The van der Waals surface area contributed by atoms with Crippen LogP contribution in [0, 0.1) is 6.92 Å². The molecule has 0 atom stereocenters. The molecule has 4 rings (SSSR count). The van der Waals surface area contributed by atoms with Gasteiger partial charge >= 0.3 is 0 Å². The normalized spacial score (nSPS) is 13.1. The molecule has 0 radical (unpaired) electrons. The fourth-order valence-corrected chi connectivity index (χ4v) is 4.01. The maximum atomic E-state index is 12.6. The Labute approximate surface area is 175 Å². The number of rotatable bonds is 5. The molecule has 0 unspecified atom stereocenters. The van der Waals surface area contributed by atoms with Crippen LogP contribution in [0.15, 0.2) is 59.8 Å². The molecule has 0 fully saturated rings. The minimum atomic E-state index is -0.103. The first-order valence-corrected chi connectivity index (χ1v) is 10.9. The van der Waals surface area contributed by atoms with Gasteiger partial charge < -0.3 is 10.2 Å². The van der Waals surface area contributed by atoms with Crippen molar-refractivity contribution in [2.45, 2.75) is 31.3 Å². The van der Waals surface area contributed by atoms with Gasteiger partial charge in [0.15, 0.2) is 0 Å². The Bertz CT molecular complexity index is 1020. The number of nitrogens with one attached hydrogen (secondary N) is 1. The number of nitrogens with zero attached hydrogens (tertiary/aromatic N) is 3. The Balaban J connectivity index is 1.42. The highest BCUT2D eigenvalue weighted by molar-refractivity contribution is 7.98. The summed E-state index contributed by atoms with van der Waals surface area (Å²) in [5, 5.41) is 2.98. The van der Waals surface area contributed by atoms with E-state index in [2.05, 4.69) is 44.6 Å². The first-order chi connectivity index (χ1) is 14.1. The Hall–Kier alpha value is -2.86. The Morgan fingerprint density at radius 3 is 2.79 bits per heavy atom. The summed E-state index contributed by atoms with van der Waals surface area (Å²) in [7, 11) is 0. The molecular formula is C23H24N4OS. The minimum Gasteiger partial charge on any atom is -0.352 e. The van der Waals surface area contributed by atoms with Crippen LogP contribution in [-0.2, 0) is 19.5 Å². The summed E-state index contributed by atoms with van der Waals surface area (Å²) in [5.74, 6) is 0.831. The van der Waals surface area contributed by atoms with Crippen molar-refractivity contribution in [3.05, 3.63) is 82.8 Å². The van der Waals surface area contributed by atoms with E-state index in [9.17, 15) is 4.79 Å². The zero-order chi connectivity index (χ0) is 20.2. The molecule has 1 aliphatic heterocycles. The second kappa shape index (κ2) is 8.66. The van der Waals surface area contributed by atoms with Crippen LogP contribution in [0.3, 0.4) is 0 Å². The second-order valence-corrected chi connectivity index (χ2v) is 8.06. The highest BCUT2D eigenvalue weighted by Gasteiger charge is 2.20. The lowest BCUT2D eigenvalue weighted by Gasteiger charge is -2.30. The predicted molar refractivity (Wildman–Crippen MR) is 117 cm³/mol. The number of hydrogen-bond acceptors (Lipinski definition) is 5. The molecule has 0 saturated heterocycles. The van der Waals surface area contributed by atoms with E-state index in [4.69, 9.17) is 0 Å². The molecule has 0 aliphatic carbocycles. The van der Waals surface area contributed by atoms with E-state index in [1.54, 1.807) is 18.0 Å². The number of hydrogen-bond donors (Lipinski definition) is 1. The van der Waals surface area contributed by atoms with E-state index in [1.807, 2.05) is 37.4 Å². The summed E-state index contributed by atoms with van der Waals surface area (Å²) in [5.41, 5.74) is 5.09. The zero-order valence-electron chi connectivity index (χ0n) is 16.7. The number of aromatic nitrogens is 2. The van der Waals surface area contributed by atoms with Gasteiger partial charge in [-0.1, -0.05) is 18.2 Å². The fraction of sp³-hybridized carbons (Fsp3) is 0.261. The van der Waals surface area contributed by atoms with E-state index < -0.39 is 0 Å². The number of pyridine rings is 2. The second-order valence-electron chi connectivity index (χ2n) is 7.18. The Kier molecular flexibility index (Phi) is 5.81. The third-order valence-electron chi connectivity index (χ3n) is 5.19. The molecule has 1 N–H and O–H groups in total. The number of fused-ring (bicyclic) bond motifs is 1. The zero-order valence-corrected chi connectivity index (χ0v) is 17.5. The number of carbonyl (C=O) groups excluding carboxylic acids is 1. The van der Waals surface area contributed by atoms with Gasteiger partial charge in [-0.25, -0.2) is 4.98 Å². The molecule has 2 aromatic heterocycles. The monoisotopic (exact) mass is 404 g/mol. The summed E-state index contributed by atoms with van der Waals surface area (Å²) >= 11 is 1.71. The summed E-state index contributed by atoms with van der Waals surface area (Å²) < 4.78 is 0. The lowest BCUT2D eigenvalue weighted by Crippen LogP contribution is -2.32. The van der Waals surface area contributed by atoms with Gasteiger partial charge in [0.1, 0.15) is 5.82 Å². The molecule has 1 aliphatic rings. The Morgan fingerprint density at radius 2 is 2.03 bits per heavy atom. The van der Waals surface area contributed by atoms with E-state index in [1.165, 1.54) is 16.2 Å². The van der Waals surface area contributed by atoms with Gasteiger partial charge in [0.2, 0.25) is 0 Å². The molecule has 3 aromatic rings. The minimum absolute atomic E-state index is 0.103. The van der Waals surface area contributed by atoms with Crippen molar-refractivity contribution in [3.63, 3.8) is 0 Å². The van der Waals surface area contributed by atoms with Crippen molar-refractivity contribution in [2.24, 2.45) is 0 Å². The van der Waals surface area contributed by atoms with Gasteiger partial charge in [-0.05, 0) is 54.1 Å². The average molecular weight is 405 g/mol. The SMILES string of the molecule is CSc1ccc(CNC(=O)c2cnc(N3CCc4ncccc4C3)c(C)c2)cc1. The average Bonchev–Trinajstić information content (AvgIpc) is 2.77. The number of carbonyl (C=O) groups is 1. The van der Waals surface area contributed by atoms with Crippen molar-refractivity contribution in [3.8, 4) is 0 Å². The summed E-state index contributed by atoms with van der Waals surface area (Å²) in [6.45, 7) is 4.20. The summed E-state index contributed by atoms with van der Waals surface area (Å²) in [6.07, 6.45) is 6.49. The number of anilines is 1. The maximum absolute atomic E-state index is 12.6. The van der Waals surface area contributed by atoms with Crippen molar-refractivity contribution in [1.29, 1.82) is 0 Å². The van der Waals surface area contributed by atoms with Crippen LogP contribution in [0.1, 0.15) is 32.7 Å². The highest BCUT2D eigenvalue weighted by atomic mass is 32.2. The van der Waals surface area contributed by atoms with Gasteiger partial charge in [0, 0.05) is 49.0 Å². The van der Waals surface area contributed by atoms with Crippen molar-refractivity contribution < 1.29 is 4.79 Å². The molecule has 1 amide bonds. The third kappa shape index (κ3) is 4.43. The molecule has 1 aromatic carbocycles. The molecule has 0 spiro atoms. The van der Waals surface area contributed by atoms with Gasteiger partial charge in [-0.3, -0.25) is 9.78 Å². The van der Waals surface area contributed by atoms with Crippen LogP contribution in [0.25, 0.3) is 0 Å². The topological polar surface area (TPSA) is 58.1 Å². The molecular weight excluding hydrogens is 380 g/mol. The van der Waals surface area contributed by atoms with Crippen LogP contribution >= 0.6 is 11.8 Å². The molecule has 6 heteroatoms. The van der Waals surface area contributed by atoms with E-state index in [0.29, 0.717) is 12.1 Å². The first-order valence-electron chi connectivity index (χ1n) is 9.69. The molecule has 0 saturated carbocycles. The van der Waals surface area contributed by atoms with Crippen LogP contribution in [0.2, 0.25) is 0 Å². The van der Waals surface area contributed by atoms with Gasteiger partial charge in [-0.15, -0.1) is 11.8 Å². The van der Waals surface area contributed by atoms with Crippen LogP contribution in [-0.4, -0.2) is 28.7 Å². The summed E-state index contributed by atoms with van der Waals surface area (Å²) in [4.78, 5) is 25.1. The first kappa shape index (κ1) is 19.5. The largest absolute Gasteiger partial charge is 0.352 e. The third-order valence-corrected chi connectivity index (χ3v) is 5.93. The predicted octanol–water partition coefficient (Wildman–Crippen LogP) is 4.00. The van der Waals surface area contributed by atoms with Crippen molar-refractivity contribution >= 4 is 23.5 Å². The van der Waals surface area contributed by atoms with Gasteiger partial charge in [0.05, 0.1) is 5.56 Å². The molecule has 3 heterocycles. The number of amides is 1. The smallest absolute Gasteiger partial charge is 0.253 e. The van der Waals surface area contributed by atoms with Crippen molar-refractivity contribution in [1.82, 2.24) is 15.3 Å². The maximum Gasteiger partial charge on any atom is 0.253 e. The lowest BCUT2D eigenvalue weighted by molar-refractivity contribution is 0.0950. The Morgan fingerprint density at radius 1 is 1.21 bits per heavy atom. The fourth-order valence-electron chi connectivity index (χ4n) is 3.60. The van der Waals surface area contributed by atoms with Gasteiger partial charge in [-0.2, -0.15) is 0 Å². The molecule has 0 bridgehead atoms. The van der Waals surface area contributed by atoms with Gasteiger partial charge in [0.25, 0.3) is 5.91 Å². The molecule has 29 heavy (non-hydrogen) atoms. The van der Waals surface area contributed by atoms with E-state index in [0.717, 1.165) is 36.5 Å². The highest BCUT2D eigenvalue weighted by Crippen LogP contribution is 2.25. The number of aryl methyl sites for hydroxylation is 1. The van der Waals surface area contributed by atoms with E-state index in [-0.39, 0.29) is 5.91 Å². The number of thioether (sulfide) groups is 1. The quantitative estimate of drug-likeness (QED) is 0.652. The van der Waals surface area contributed by atoms with E-state index >= 15 is 0 Å². The van der Waals surface area contributed by atoms with Crippen LogP contribution in [0.4, 0.5) is 5.82 Å². The molecule has 148 valence electrons. The van der Waals surface area contributed by atoms with Crippen LogP contribution in [0.5, 0.6) is 0 Å². The van der Waals surface area contributed by atoms with Crippen molar-refractivity contribution in [2.75, 3.05) is 17.7 Å². The molecule has 5 nitrogen and oxygen atoms in total. The lowest BCUT2D eigenvalue weighted by atomic mass is 10.0. The summed E-state index contributed by atoms with van der Waals surface area (Å²) in [6, 6.07) is 14.2. The number of benzene rings is 1. The van der Waals surface area contributed by atoms with Crippen LogP contribution < -0.4 is 10.2 Å².